The molecule has 0 bridgehead atoms. The first kappa shape index (κ1) is 17.1. The summed E-state index contributed by atoms with van der Waals surface area (Å²) < 4.78 is 7.34. The fourth-order valence-electron chi connectivity index (χ4n) is 1.33. The number of methoxy groups -OCH3 is 1. The molecule has 17 heavy (non-hydrogen) atoms. The molecule has 5 nitrogen and oxygen atoms in total. The van der Waals surface area contributed by atoms with Gasteiger partial charge >= 0.3 is 11.9 Å². The molecule has 0 aromatic heterocycles. The maximum Gasteiger partial charge on any atom is 0.358 e. The molecule has 0 aromatic rings. The Labute approximate surface area is 119 Å². The summed E-state index contributed by atoms with van der Waals surface area (Å²) >= 11 is 16.0. The molecule has 0 aliphatic carbocycles. The summed E-state index contributed by atoms with van der Waals surface area (Å²) in [5, 5.41) is 2.83. The summed E-state index contributed by atoms with van der Waals surface area (Å²) in [6, 6.07) is -0.488. The van der Waals surface area contributed by atoms with E-state index in [4.69, 9.17) is 39.5 Å². The standard InChI is InChI=1S/C8H10Cl3NO4.ClH/c1-15-6(13)5-2-4(3-12-5)16-7(14)8(9,10)11;/h4-5,12H,2-3H2,1H3;1H/t4-,5-;/m0./s1. The molecule has 0 radical (unpaired) electrons. The van der Waals surface area contributed by atoms with E-state index in [0.717, 1.165) is 0 Å². The van der Waals surface area contributed by atoms with Crippen LogP contribution in [0, 0.1) is 0 Å². The highest BCUT2D eigenvalue weighted by molar-refractivity contribution is 6.75. The molecular weight excluding hydrogens is 316 g/mol. The molecule has 0 amide bonds. The van der Waals surface area contributed by atoms with Gasteiger partial charge in [0.15, 0.2) is 0 Å². The Morgan fingerprint density at radius 1 is 1.35 bits per heavy atom. The van der Waals surface area contributed by atoms with Gasteiger partial charge in [0, 0.05) is 13.0 Å². The lowest BCUT2D eigenvalue weighted by atomic mass is 10.2. The summed E-state index contributed by atoms with van der Waals surface area (Å²) in [7, 11) is 1.28. The molecular formula is C8H11Cl4NO4. The third kappa shape index (κ3) is 5.06. The van der Waals surface area contributed by atoms with Crippen LogP contribution in [0.15, 0.2) is 0 Å². The number of rotatable bonds is 2. The number of halogens is 4. The van der Waals surface area contributed by atoms with Crippen molar-refractivity contribution in [3.05, 3.63) is 0 Å². The van der Waals surface area contributed by atoms with Crippen LogP contribution in [0.5, 0.6) is 0 Å². The van der Waals surface area contributed by atoms with Crippen molar-refractivity contribution in [2.24, 2.45) is 0 Å². The second kappa shape index (κ2) is 6.85. The van der Waals surface area contributed by atoms with E-state index in [0.29, 0.717) is 13.0 Å². The first-order chi connectivity index (χ1) is 7.34. The number of ether oxygens (including phenoxy) is 2. The van der Waals surface area contributed by atoms with Gasteiger partial charge in [0.1, 0.15) is 12.1 Å². The minimum Gasteiger partial charge on any atom is -0.468 e. The fourth-order valence-corrected chi connectivity index (χ4v) is 1.47. The third-order valence-electron chi connectivity index (χ3n) is 2.08. The Kier molecular flexibility index (Phi) is 6.87. The quantitative estimate of drug-likeness (QED) is 0.610. The number of alkyl halides is 3. The molecule has 1 N–H and O–H groups in total. The lowest BCUT2D eigenvalue weighted by molar-refractivity contribution is -0.148. The highest BCUT2D eigenvalue weighted by Crippen LogP contribution is 2.28. The van der Waals surface area contributed by atoms with Gasteiger partial charge in [-0.25, -0.2) is 4.79 Å². The van der Waals surface area contributed by atoms with Crippen LogP contribution < -0.4 is 5.32 Å². The summed E-state index contributed by atoms with van der Waals surface area (Å²) in [4.78, 5) is 22.3. The van der Waals surface area contributed by atoms with Crippen molar-refractivity contribution in [3.63, 3.8) is 0 Å². The van der Waals surface area contributed by atoms with Crippen LogP contribution in [0.4, 0.5) is 0 Å². The average Bonchev–Trinajstić information content (AvgIpc) is 2.63. The second-order valence-electron chi connectivity index (χ2n) is 3.24. The Hall–Kier alpha value is 0.0600. The van der Waals surface area contributed by atoms with Gasteiger partial charge in [0.05, 0.1) is 7.11 Å². The molecule has 100 valence electrons. The van der Waals surface area contributed by atoms with E-state index >= 15 is 0 Å². The van der Waals surface area contributed by atoms with Crippen molar-refractivity contribution in [2.45, 2.75) is 22.4 Å². The van der Waals surface area contributed by atoms with Crippen molar-refractivity contribution in [1.29, 1.82) is 0 Å². The number of esters is 2. The van der Waals surface area contributed by atoms with Gasteiger partial charge in [0.2, 0.25) is 0 Å². The summed E-state index contributed by atoms with van der Waals surface area (Å²) in [6.45, 7) is 0.326. The number of carbonyl (C=O) groups is 2. The first-order valence-corrected chi connectivity index (χ1v) is 5.57. The van der Waals surface area contributed by atoms with E-state index in [-0.39, 0.29) is 12.4 Å². The van der Waals surface area contributed by atoms with Crippen LogP contribution in [0.3, 0.4) is 0 Å². The largest absolute Gasteiger partial charge is 0.468 e. The van der Waals surface area contributed by atoms with Crippen LogP contribution in [-0.2, 0) is 19.1 Å². The zero-order chi connectivity index (χ0) is 12.3. The van der Waals surface area contributed by atoms with Crippen LogP contribution in [0.25, 0.3) is 0 Å². The Morgan fingerprint density at radius 3 is 2.41 bits per heavy atom. The topological polar surface area (TPSA) is 64.6 Å². The van der Waals surface area contributed by atoms with Gasteiger partial charge in [-0.05, 0) is 0 Å². The van der Waals surface area contributed by atoms with Crippen molar-refractivity contribution >= 4 is 59.1 Å². The average molecular weight is 327 g/mol. The van der Waals surface area contributed by atoms with Gasteiger partial charge in [-0.3, -0.25) is 4.79 Å². The molecule has 1 rings (SSSR count). The van der Waals surface area contributed by atoms with Gasteiger partial charge in [-0.1, -0.05) is 34.8 Å². The van der Waals surface area contributed by atoms with Crippen molar-refractivity contribution < 1.29 is 19.1 Å². The molecule has 0 aromatic carbocycles. The number of hydrogen-bond acceptors (Lipinski definition) is 5. The monoisotopic (exact) mass is 325 g/mol. The highest BCUT2D eigenvalue weighted by atomic mass is 35.6. The van der Waals surface area contributed by atoms with Crippen molar-refractivity contribution in [1.82, 2.24) is 5.32 Å². The van der Waals surface area contributed by atoms with Gasteiger partial charge < -0.3 is 14.8 Å². The number of hydrogen-bond donors (Lipinski definition) is 1. The Balaban J connectivity index is 0.00000256. The van der Waals surface area contributed by atoms with Gasteiger partial charge in [-0.15, -0.1) is 12.4 Å². The predicted octanol–water partition coefficient (Wildman–Crippen LogP) is 1.23. The SMILES string of the molecule is COC(=O)[C@@H]1C[C@H](OC(=O)C(Cl)(Cl)Cl)CN1.Cl. The first-order valence-electron chi connectivity index (χ1n) is 4.43. The maximum absolute atomic E-state index is 11.2. The minimum atomic E-state index is -2.09. The van der Waals surface area contributed by atoms with E-state index in [1.807, 2.05) is 0 Å². The van der Waals surface area contributed by atoms with E-state index in [2.05, 4.69) is 10.1 Å². The van der Waals surface area contributed by atoms with Crippen LogP contribution in [0.2, 0.25) is 0 Å². The number of nitrogens with one attached hydrogen (secondary N) is 1. The van der Waals surface area contributed by atoms with E-state index in [1.165, 1.54) is 7.11 Å². The summed E-state index contributed by atoms with van der Waals surface area (Å²) in [5.41, 5.74) is 0. The summed E-state index contributed by atoms with van der Waals surface area (Å²) in [6.07, 6.45) is -0.189. The highest BCUT2D eigenvalue weighted by Gasteiger charge is 2.38. The normalized spacial score (nSPS) is 23.8. The van der Waals surface area contributed by atoms with Gasteiger partial charge in [0.25, 0.3) is 3.79 Å². The van der Waals surface area contributed by atoms with E-state index in [1.54, 1.807) is 0 Å². The molecule has 1 aliphatic rings. The molecule has 1 fully saturated rings. The lowest BCUT2D eigenvalue weighted by Gasteiger charge is -2.15. The maximum atomic E-state index is 11.2. The molecule has 1 heterocycles. The molecule has 0 spiro atoms. The Bertz CT molecular complexity index is 294. The molecule has 2 atom stereocenters. The van der Waals surface area contributed by atoms with Crippen LogP contribution in [-0.4, -0.2) is 41.5 Å². The van der Waals surface area contributed by atoms with Crippen molar-refractivity contribution in [2.75, 3.05) is 13.7 Å². The fraction of sp³-hybridized carbons (Fsp3) is 0.750. The van der Waals surface area contributed by atoms with Crippen molar-refractivity contribution in [3.8, 4) is 0 Å². The molecule has 0 unspecified atom stereocenters. The predicted molar refractivity (Wildman–Crippen MR) is 65.8 cm³/mol. The second-order valence-corrected chi connectivity index (χ2v) is 5.53. The number of carbonyl (C=O) groups excluding carboxylic acids is 2. The third-order valence-corrected chi connectivity index (χ3v) is 2.54. The molecule has 1 aliphatic heterocycles. The molecule has 9 heteroatoms. The zero-order valence-electron chi connectivity index (χ0n) is 8.74. The minimum absolute atomic E-state index is 0. The van der Waals surface area contributed by atoms with E-state index in [9.17, 15) is 9.59 Å². The van der Waals surface area contributed by atoms with Crippen LogP contribution >= 0.6 is 47.2 Å². The molecule has 0 saturated carbocycles. The summed E-state index contributed by atoms with van der Waals surface area (Å²) in [5.74, 6) is -1.36. The lowest BCUT2D eigenvalue weighted by Crippen LogP contribution is -2.31. The molecule has 1 saturated heterocycles. The zero-order valence-corrected chi connectivity index (χ0v) is 11.8. The van der Waals surface area contributed by atoms with E-state index < -0.39 is 27.9 Å². The smallest absolute Gasteiger partial charge is 0.358 e. The Morgan fingerprint density at radius 2 is 1.94 bits per heavy atom. The van der Waals surface area contributed by atoms with Crippen LogP contribution in [0.1, 0.15) is 6.42 Å². The van der Waals surface area contributed by atoms with Gasteiger partial charge in [-0.2, -0.15) is 0 Å².